The molecule has 0 saturated heterocycles. The molecule has 72 heavy (non-hydrogen) atoms. The van der Waals surface area contributed by atoms with Crippen LogP contribution in [-0.4, -0.2) is 0 Å². The molecule has 2 aliphatic carbocycles. The third kappa shape index (κ3) is 7.30. The van der Waals surface area contributed by atoms with E-state index in [9.17, 15) is 0 Å². The van der Waals surface area contributed by atoms with Crippen LogP contribution in [0.5, 0.6) is 0 Å². The summed E-state index contributed by atoms with van der Waals surface area (Å²) in [4.78, 5) is 2.45. The van der Waals surface area contributed by atoms with E-state index in [-0.39, 0.29) is 0 Å². The second-order valence-corrected chi connectivity index (χ2v) is 19.1. The van der Waals surface area contributed by atoms with Crippen LogP contribution < -0.4 is 4.90 Å². The molecule has 0 saturated carbocycles. The summed E-state index contributed by atoms with van der Waals surface area (Å²) in [6.07, 6.45) is 13.4. The fourth-order valence-corrected chi connectivity index (χ4v) is 12.0. The van der Waals surface area contributed by atoms with Crippen molar-refractivity contribution in [2.24, 2.45) is 0 Å². The normalized spacial score (nSPS) is 14.9. The van der Waals surface area contributed by atoms with Gasteiger partial charge >= 0.3 is 0 Å². The Morgan fingerprint density at radius 1 is 0.444 bits per heavy atom. The van der Waals surface area contributed by atoms with Gasteiger partial charge in [-0.15, -0.1) is 0 Å². The van der Waals surface area contributed by atoms with Crippen LogP contribution in [-0.2, 0) is 5.41 Å². The van der Waals surface area contributed by atoms with E-state index in [1.165, 1.54) is 110 Å². The molecule has 1 unspecified atom stereocenters. The molecule has 13 rings (SSSR count). The minimum atomic E-state index is -0.431. The molecule has 2 aliphatic rings. The second-order valence-electron chi connectivity index (χ2n) is 19.1. The minimum absolute atomic E-state index is 0.431. The highest BCUT2D eigenvalue weighted by Crippen LogP contribution is 2.58. The number of allylic oxidation sites excluding steroid dienone is 5. The van der Waals surface area contributed by atoms with Crippen molar-refractivity contribution in [2.45, 2.75) is 46.0 Å². The number of anilines is 3. The first-order valence-corrected chi connectivity index (χ1v) is 25.7. The summed E-state index contributed by atoms with van der Waals surface area (Å²) in [5.74, 6) is 0. The number of hydrogen-bond donors (Lipinski definition) is 0. The first-order valence-electron chi connectivity index (χ1n) is 25.7. The third-order valence-electron chi connectivity index (χ3n) is 15.3. The van der Waals surface area contributed by atoms with Gasteiger partial charge in [0.05, 0.1) is 5.41 Å². The van der Waals surface area contributed by atoms with Crippen molar-refractivity contribution in [3.05, 3.63) is 276 Å². The van der Waals surface area contributed by atoms with E-state index in [0.29, 0.717) is 0 Å². The fourth-order valence-electron chi connectivity index (χ4n) is 12.0. The van der Waals surface area contributed by atoms with Crippen LogP contribution in [0.25, 0.3) is 82.5 Å². The van der Waals surface area contributed by atoms with Gasteiger partial charge in [0, 0.05) is 17.1 Å². The van der Waals surface area contributed by atoms with Crippen LogP contribution in [0, 0.1) is 6.92 Å². The van der Waals surface area contributed by atoms with Crippen LogP contribution >= 0.6 is 0 Å². The monoisotopic (exact) mass is 923 g/mol. The molecule has 0 spiro atoms. The lowest BCUT2D eigenvalue weighted by atomic mass is 9.65. The standard InChI is InChI=1S/C69H51N.C2H6/c1-3-16-57-46(2)27-28-49-29-30-50(43-65(49)57)47-31-36-54(37-32-47)70(55-38-33-48(34-39-55)51-35-41-62-60-23-11-10-21-58(60)59-22-12-13-24-61(59)66(62)44-51)56-40-42-64-63-25-14-15-26-67(63)69(68(64)45-56,52-17-6-4-7-18-52)53-19-8-5-9-20-53;1-2/h3-8,10-19,21-45H,9,20H2,1-2H3;1-2H3/b16-3-;. The van der Waals surface area contributed by atoms with Gasteiger partial charge in [-0.1, -0.05) is 220 Å². The Bertz CT molecular complexity index is 3910. The van der Waals surface area contributed by atoms with Crippen LogP contribution in [0.4, 0.5) is 17.1 Å². The first kappa shape index (κ1) is 44.7. The summed E-state index contributed by atoms with van der Waals surface area (Å²) >= 11 is 0. The van der Waals surface area contributed by atoms with Crippen LogP contribution in [0.1, 0.15) is 61.4 Å². The summed E-state index contributed by atoms with van der Waals surface area (Å²) in [5, 5.41) is 10.3. The van der Waals surface area contributed by atoms with Crippen molar-refractivity contribution in [3.63, 3.8) is 0 Å². The molecule has 0 amide bonds. The third-order valence-corrected chi connectivity index (χ3v) is 15.3. The number of hydrogen-bond acceptors (Lipinski definition) is 1. The summed E-state index contributed by atoms with van der Waals surface area (Å²) in [5.41, 5.74) is 18.3. The molecule has 0 bridgehead atoms. The largest absolute Gasteiger partial charge is 0.310 e. The zero-order chi connectivity index (χ0) is 48.8. The maximum atomic E-state index is 2.50. The number of benzene rings is 11. The van der Waals surface area contributed by atoms with Gasteiger partial charge < -0.3 is 4.90 Å². The Kier molecular flexibility index (Phi) is 11.6. The Morgan fingerprint density at radius 2 is 0.972 bits per heavy atom. The van der Waals surface area contributed by atoms with E-state index in [0.717, 1.165) is 29.9 Å². The predicted molar refractivity (Wildman–Crippen MR) is 311 cm³/mol. The average Bonchev–Trinajstić information content (AvgIpc) is 3.76. The quantitative estimate of drug-likeness (QED) is 0.137. The number of nitrogens with zero attached hydrogens (tertiary/aromatic N) is 1. The number of aryl methyl sites for hydroxylation is 1. The topological polar surface area (TPSA) is 3.24 Å². The molecule has 1 heteroatoms. The second kappa shape index (κ2) is 18.7. The van der Waals surface area contributed by atoms with Crippen molar-refractivity contribution in [1.82, 2.24) is 0 Å². The van der Waals surface area contributed by atoms with Crippen molar-refractivity contribution in [2.75, 3.05) is 4.90 Å². The maximum absolute atomic E-state index is 2.50. The van der Waals surface area contributed by atoms with Gasteiger partial charge in [-0.3, -0.25) is 0 Å². The van der Waals surface area contributed by atoms with Crippen molar-refractivity contribution < 1.29 is 0 Å². The smallest absolute Gasteiger partial charge is 0.0677 e. The molecule has 0 fully saturated rings. The highest BCUT2D eigenvalue weighted by Gasteiger charge is 2.47. The fraction of sp³-hybridized carbons (Fsp3) is 0.0986. The zero-order valence-electron chi connectivity index (χ0n) is 41.5. The number of fused-ring (bicyclic) bond motifs is 10. The van der Waals surface area contributed by atoms with E-state index in [1.54, 1.807) is 0 Å². The molecule has 1 nitrogen and oxygen atoms in total. The first-order chi connectivity index (χ1) is 35.6. The van der Waals surface area contributed by atoms with E-state index in [1.807, 2.05) is 13.8 Å². The minimum Gasteiger partial charge on any atom is -0.310 e. The average molecular weight is 924 g/mol. The molecular weight excluding hydrogens is 867 g/mol. The zero-order valence-corrected chi connectivity index (χ0v) is 41.5. The Labute approximate surface area is 424 Å². The molecule has 0 radical (unpaired) electrons. The van der Waals surface area contributed by atoms with E-state index in [2.05, 4.69) is 268 Å². The molecular formula is C71H57N. The molecule has 0 heterocycles. The molecule has 11 aromatic carbocycles. The molecule has 1 atom stereocenters. The van der Waals surface area contributed by atoms with E-state index < -0.39 is 5.41 Å². The van der Waals surface area contributed by atoms with Gasteiger partial charge in [-0.25, -0.2) is 0 Å². The Morgan fingerprint density at radius 3 is 1.61 bits per heavy atom. The lowest BCUT2D eigenvalue weighted by Crippen LogP contribution is -2.30. The van der Waals surface area contributed by atoms with Crippen molar-refractivity contribution in [3.8, 4) is 33.4 Å². The van der Waals surface area contributed by atoms with Gasteiger partial charge in [0.1, 0.15) is 0 Å². The number of rotatable bonds is 8. The van der Waals surface area contributed by atoms with Gasteiger partial charge in [-0.2, -0.15) is 0 Å². The Balaban J connectivity index is 0.00000262. The van der Waals surface area contributed by atoms with Crippen LogP contribution in [0.2, 0.25) is 0 Å². The lowest BCUT2D eigenvalue weighted by molar-refractivity contribution is 0.693. The Hall–Kier alpha value is -8.52. The summed E-state index contributed by atoms with van der Waals surface area (Å²) < 4.78 is 0. The molecule has 0 aliphatic heterocycles. The summed E-state index contributed by atoms with van der Waals surface area (Å²) in [7, 11) is 0. The molecule has 0 N–H and O–H groups in total. The summed E-state index contributed by atoms with van der Waals surface area (Å²) in [6.45, 7) is 8.30. The van der Waals surface area contributed by atoms with Gasteiger partial charge in [0.25, 0.3) is 0 Å². The highest BCUT2D eigenvalue weighted by atomic mass is 15.1. The van der Waals surface area contributed by atoms with Gasteiger partial charge in [-0.05, 0) is 180 Å². The SMILES string of the molecule is C/C=C\c1c(C)ccc2ccc(-c3ccc(N(c4ccc(-c5ccc6c7ccccc7c7ccccc7c6c5)cc4)c4ccc5c(c4)C(C4=CC=CCC4)(c4ccccc4)c4ccccc4-5)cc3)cc12.CC. The molecule has 0 aromatic heterocycles. The van der Waals surface area contributed by atoms with Gasteiger partial charge in [0.2, 0.25) is 0 Å². The van der Waals surface area contributed by atoms with Crippen molar-refractivity contribution in [1.29, 1.82) is 0 Å². The lowest BCUT2D eigenvalue weighted by Gasteiger charge is -2.37. The van der Waals surface area contributed by atoms with Crippen LogP contribution in [0.15, 0.2) is 248 Å². The van der Waals surface area contributed by atoms with Crippen LogP contribution in [0.3, 0.4) is 0 Å². The van der Waals surface area contributed by atoms with Crippen molar-refractivity contribution >= 4 is 66.2 Å². The molecule has 346 valence electrons. The molecule has 11 aromatic rings. The maximum Gasteiger partial charge on any atom is 0.0677 e. The highest BCUT2D eigenvalue weighted by molar-refractivity contribution is 6.25. The van der Waals surface area contributed by atoms with E-state index >= 15 is 0 Å². The van der Waals surface area contributed by atoms with Gasteiger partial charge in [0.15, 0.2) is 0 Å². The van der Waals surface area contributed by atoms with E-state index in [4.69, 9.17) is 0 Å². The summed E-state index contributed by atoms with van der Waals surface area (Å²) in [6, 6.07) is 81.9. The predicted octanol–water partition coefficient (Wildman–Crippen LogP) is 20.1.